The van der Waals surface area contributed by atoms with E-state index >= 15 is 0 Å². The molecule has 10 heteroatoms. The van der Waals surface area contributed by atoms with Gasteiger partial charge in [0.15, 0.2) is 0 Å². The predicted molar refractivity (Wildman–Crippen MR) is 228 cm³/mol. The second-order valence-electron chi connectivity index (χ2n) is 17.3. The van der Waals surface area contributed by atoms with E-state index in [9.17, 15) is 14.4 Å². The van der Waals surface area contributed by atoms with E-state index in [1.165, 1.54) is 0 Å². The van der Waals surface area contributed by atoms with Crippen molar-refractivity contribution in [1.82, 2.24) is 0 Å². The Kier molecular flexibility index (Phi) is 9.68. The molecule has 2 N–H and O–H groups in total. The SMILES string of the molecule is CC1(C)CCc2cc([C@]3(C)C(=O)N(c4ccc(CC(=O)O)cc4)c4ccc(Cl)cc43)ccc2O1.CC1(C)CCc2cc([C@]3(C)C(=O)Nc4ccc(Cl)cc43)ccc2O1. The van der Waals surface area contributed by atoms with E-state index in [2.05, 4.69) is 45.1 Å². The molecule has 58 heavy (non-hydrogen) atoms. The summed E-state index contributed by atoms with van der Waals surface area (Å²) in [4.78, 5) is 39.6. The lowest BCUT2D eigenvalue weighted by atomic mass is 9.76. The van der Waals surface area contributed by atoms with E-state index < -0.39 is 16.8 Å². The van der Waals surface area contributed by atoms with Gasteiger partial charge in [0.2, 0.25) is 11.8 Å². The van der Waals surface area contributed by atoms with Crippen molar-refractivity contribution in [2.45, 2.75) is 95.7 Å². The van der Waals surface area contributed by atoms with Crippen LogP contribution in [0.1, 0.15) is 93.3 Å². The van der Waals surface area contributed by atoms with Gasteiger partial charge in [-0.15, -0.1) is 0 Å². The first-order chi connectivity index (χ1) is 27.4. The fourth-order valence-corrected chi connectivity index (χ4v) is 9.00. The van der Waals surface area contributed by atoms with E-state index in [-0.39, 0.29) is 29.4 Å². The smallest absolute Gasteiger partial charge is 0.307 e. The number of aliphatic carboxylic acids is 1. The van der Waals surface area contributed by atoms with Crippen LogP contribution < -0.4 is 19.7 Å². The van der Waals surface area contributed by atoms with E-state index in [1.807, 2.05) is 62.4 Å². The molecule has 5 aromatic carbocycles. The predicted octanol–water partition coefficient (Wildman–Crippen LogP) is 10.8. The second-order valence-corrected chi connectivity index (χ2v) is 18.2. The molecular formula is C48H46Cl2N2O6. The number of hydrogen-bond acceptors (Lipinski definition) is 5. The Labute approximate surface area is 349 Å². The van der Waals surface area contributed by atoms with Crippen LogP contribution in [0.25, 0.3) is 0 Å². The zero-order valence-electron chi connectivity index (χ0n) is 33.5. The molecule has 0 aliphatic carbocycles. The van der Waals surface area contributed by atoms with Crippen molar-refractivity contribution in [3.63, 3.8) is 0 Å². The summed E-state index contributed by atoms with van der Waals surface area (Å²) in [6, 6.07) is 30.3. The van der Waals surface area contributed by atoms with Crippen LogP contribution in [0, 0.1) is 0 Å². The number of carbonyl (C=O) groups is 3. The molecule has 0 radical (unpaired) electrons. The maximum atomic E-state index is 14.1. The number of carboxylic acids is 1. The lowest BCUT2D eigenvalue weighted by Gasteiger charge is -2.34. The van der Waals surface area contributed by atoms with Crippen molar-refractivity contribution < 1.29 is 29.0 Å². The van der Waals surface area contributed by atoms with Crippen LogP contribution in [0.2, 0.25) is 10.0 Å². The number of amides is 2. The molecule has 2 atom stereocenters. The first-order valence-corrected chi connectivity index (χ1v) is 20.4. The molecule has 0 bridgehead atoms. The number of hydrogen-bond donors (Lipinski definition) is 2. The molecule has 9 rings (SSSR count). The van der Waals surface area contributed by atoms with Crippen LogP contribution in [-0.2, 0) is 44.5 Å². The first kappa shape index (κ1) is 39.5. The zero-order chi connectivity index (χ0) is 41.4. The number of carbonyl (C=O) groups excluding carboxylic acids is 2. The molecule has 0 fully saturated rings. The highest BCUT2D eigenvalue weighted by Crippen LogP contribution is 2.51. The standard InChI is InChI=1S/C28H26ClNO4.C20H20ClNO2/c1-27(2)13-12-18-15-19(6-11-24(18)34-27)28(3)22-16-20(29)7-10-23(22)30(26(28)33)21-8-4-17(5-9-21)14-25(31)32;1-19(2)9-8-12-10-13(4-7-17(12)24-19)20(3)15-11-14(21)5-6-16(15)22-18(20)23/h4-11,15-16H,12-14H2,1-3H3,(H,31,32);4-7,10-11H,8-9H2,1-3H3,(H,22,23)/t28-;20-/m00/s1. The number of fused-ring (bicyclic) bond motifs is 4. The van der Waals surface area contributed by atoms with E-state index in [1.54, 1.807) is 41.3 Å². The summed E-state index contributed by atoms with van der Waals surface area (Å²) in [5.74, 6) is 0.802. The normalized spacial score (nSPS) is 21.9. The van der Waals surface area contributed by atoms with Crippen LogP contribution in [0.4, 0.5) is 17.1 Å². The van der Waals surface area contributed by atoms with E-state index in [0.717, 1.165) is 81.9 Å². The van der Waals surface area contributed by atoms with Gasteiger partial charge in [-0.3, -0.25) is 19.3 Å². The largest absolute Gasteiger partial charge is 0.488 e. The minimum absolute atomic E-state index is 0.0169. The number of anilines is 3. The number of rotatable bonds is 5. The fourth-order valence-electron chi connectivity index (χ4n) is 8.66. The Morgan fingerprint density at radius 1 is 0.690 bits per heavy atom. The first-order valence-electron chi connectivity index (χ1n) is 19.6. The van der Waals surface area contributed by atoms with Gasteiger partial charge < -0.3 is 19.9 Å². The van der Waals surface area contributed by atoms with Gasteiger partial charge in [0.25, 0.3) is 0 Å². The zero-order valence-corrected chi connectivity index (χ0v) is 35.0. The molecule has 298 valence electrons. The average molecular weight is 818 g/mol. The Morgan fingerprint density at radius 2 is 1.22 bits per heavy atom. The quantitative estimate of drug-likeness (QED) is 0.183. The highest BCUT2D eigenvalue weighted by atomic mass is 35.5. The highest BCUT2D eigenvalue weighted by molar-refractivity contribution is 6.31. The summed E-state index contributed by atoms with van der Waals surface area (Å²) in [5.41, 5.74) is 6.89. The molecule has 5 aromatic rings. The van der Waals surface area contributed by atoms with Crippen LogP contribution in [0.3, 0.4) is 0 Å². The second kappa shape index (κ2) is 14.2. The lowest BCUT2D eigenvalue weighted by molar-refractivity contribution is -0.136. The van der Waals surface area contributed by atoms with Crippen LogP contribution in [0.15, 0.2) is 97.1 Å². The van der Waals surface area contributed by atoms with Crippen molar-refractivity contribution in [2.75, 3.05) is 10.2 Å². The molecule has 0 unspecified atom stereocenters. The number of carboxylic acid groups (broad SMARTS) is 1. The number of benzene rings is 5. The van der Waals surface area contributed by atoms with Crippen molar-refractivity contribution >= 4 is 58.0 Å². The Morgan fingerprint density at radius 3 is 1.79 bits per heavy atom. The van der Waals surface area contributed by atoms with Gasteiger partial charge in [0, 0.05) is 21.4 Å². The molecule has 0 aromatic heterocycles. The van der Waals surface area contributed by atoms with Crippen LogP contribution in [-0.4, -0.2) is 34.1 Å². The molecule has 0 saturated heterocycles. The summed E-state index contributed by atoms with van der Waals surface area (Å²) in [6.45, 7) is 12.3. The summed E-state index contributed by atoms with van der Waals surface area (Å²) in [7, 11) is 0. The summed E-state index contributed by atoms with van der Waals surface area (Å²) in [5, 5.41) is 13.3. The average Bonchev–Trinajstić information content (AvgIpc) is 3.56. The maximum Gasteiger partial charge on any atom is 0.307 e. The molecule has 4 aliphatic heterocycles. The van der Waals surface area contributed by atoms with Gasteiger partial charge in [-0.05, 0) is 167 Å². The van der Waals surface area contributed by atoms with Gasteiger partial charge in [0.05, 0.1) is 22.9 Å². The number of aryl methyl sites for hydroxylation is 2. The maximum absolute atomic E-state index is 14.1. The molecule has 0 spiro atoms. The highest BCUT2D eigenvalue weighted by Gasteiger charge is 2.50. The van der Waals surface area contributed by atoms with Crippen LogP contribution in [0.5, 0.6) is 11.5 Å². The molecule has 4 aliphatic rings. The molecule has 2 amide bonds. The Hall–Kier alpha value is -5.31. The van der Waals surface area contributed by atoms with E-state index in [0.29, 0.717) is 21.3 Å². The van der Waals surface area contributed by atoms with Crippen LogP contribution >= 0.6 is 23.2 Å². The Bertz CT molecular complexity index is 2510. The van der Waals surface area contributed by atoms with Crippen molar-refractivity contribution in [2.24, 2.45) is 0 Å². The summed E-state index contributed by atoms with van der Waals surface area (Å²) >= 11 is 12.6. The van der Waals surface area contributed by atoms with Crippen molar-refractivity contribution in [3.8, 4) is 11.5 Å². The summed E-state index contributed by atoms with van der Waals surface area (Å²) in [6.07, 6.45) is 3.65. The van der Waals surface area contributed by atoms with Gasteiger partial charge in [-0.2, -0.15) is 0 Å². The molecule has 0 saturated carbocycles. The topological polar surface area (TPSA) is 105 Å². The number of nitrogens with zero attached hydrogens (tertiary/aromatic N) is 1. The van der Waals surface area contributed by atoms with Gasteiger partial charge in [-0.1, -0.05) is 59.6 Å². The van der Waals surface area contributed by atoms with Gasteiger partial charge >= 0.3 is 5.97 Å². The Balaban J connectivity index is 0.000000172. The van der Waals surface area contributed by atoms with E-state index in [4.69, 9.17) is 37.8 Å². The lowest BCUT2D eigenvalue weighted by Crippen LogP contribution is -2.37. The number of nitrogens with one attached hydrogen (secondary N) is 1. The third-order valence-electron chi connectivity index (χ3n) is 12.2. The minimum atomic E-state index is -0.929. The molecular weight excluding hydrogens is 771 g/mol. The fraction of sp³-hybridized carbons (Fsp3) is 0.312. The third kappa shape index (κ3) is 6.90. The molecule has 8 nitrogen and oxygen atoms in total. The third-order valence-corrected chi connectivity index (χ3v) is 12.7. The number of ether oxygens (including phenoxy) is 2. The monoisotopic (exact) mass is 816 g/mol. The summed E-state index contributed by atoms with van der Waals surface area (Å²) < 4.78 is 12.2. The number of halogens is 2. The van der Waals surface area contributed by atoms with Crippen molar-refractivity contribution in [3.05, 3.63) is 146 Å². The minimum Gasteiger partial charge on any atom is -0.488 e. The molecule has 4 heterocycles. The van der Waals surface area contributed by atoms with Gasteiger partial charge in [-0.25, -0.2) is 0 Å². The van der Waals surface area contributed by atoms with Gasteiger partial charge in [0.1, 0.15) is 22.7 Å². The van der Waals surface area contributed by atoms with Crippen molar-refractivity contribution in [1.29, 1.82) is 0 Å².